The maximum Gasteiger partial charge on any atom is 0.0757 e. The van der Waals surface area contributed by atoms with Gasteiger partial charge in [-0.1, -0.05) is 13.3 Å². The Bertz CT molecular complexity index is 65.5. The highest BCUT2D eigenvalue weighted by atomic mass is 16.3. The van der Waals surface area contributed by atoms with Crippen LogP contribution in [0, 0.1) is 0 Å². The van der Waals surface area contributed by atoms with Crippen LogP contribution in [0.5, 0.6) is 0 Å². The van der Waals surface area contributed by atoms with Crippen molar-refractivity contribution in [2.75, 3.05) is 6.54 Å². The largest absolute Gasteiger partial charge is 0.389 e. The molecular weight excluding hydrogens is 116 g/mol. The molecule has 0 aromatic rings. The maximum atomic E-state index is 9.37. The van der Waals surface area contributed by atoms with Gasteiger partial charge in [0.05, 0.1) is 5.60 Å². The summed E-state index contributed by atoms with van der Waals surface area (Å²) in [6.45, 7) is 4.27. The molecule has 0 aliphatic carbocycles. The molecular formula is C6H16N2O. The van der Waals surface area contributed by atoms with Crippen LogP contribution in [-0.4, -0.2) is 17.3 Å². The van der Waals surface area contributed by atoms with E-state index >= 15 is 0 Å². The van der Waals surface area contributed by atoms with Crippen molar-refractivity contribution < 1.29 is 5.11 Å². The Balaban J connectivity index is 3.43. The van der Waals surface area contributed by atoms with Crippen LogP contribution in [0.4, 0.5) is 0 Å². The molecule has 0 heterocycles. The Morgan fingerprint density at radius 1 is 1.67 bits per heavy atom. The summed E-state index contributed by atoms with van der Waals surface area (Å²) in [6.07, 6.45) is 1.77. The summed E-state index contributed by atoms with van der Waals surface area (Å²) in [5.74, 6) is 5.03. The third-order valence-corrected chi connectivity index (χ3v) is 1.27. The fourth-order valence-corrected chi connectivity index (χ4v) is 0.847. The van der Waals surface area contributed by atoms with Crippen molar-refractivity contribution >= 4 is 0 Å². The van der Waals surface area contributed by atoms with E-state index in [4.69, 9.17) is 5.84 Å². The second-order valence-electron chi connectivity index (χ2n) is 2.63. The minimum Gasteiger partial charge on any atom is -0.389 e. The molecule has 0 radical (unpaired) electrons. The van der Waals surface area contributed by atoms with Gasteiger partial charge in [0, 0.05) is 6.54 Å². The molecule has 3 nitrogen and oxygen atoms in total. The molecule has 56 valence electrons. The Morgan fingerprint density at radius 3 is 2.56 bits per heavy atom. The van der Waals surface area contributed by atoms with Gasteiger partial charge in [-0.15, -0.1) is 0 Å². The summed E-state index contributed by atoms with van der Waals surface area (Å²) in [6, 6.07) is 0. The number of rotatable bonds is 4. The molecule has 0 fully saturated rings. The van der Waals surface area contributed by atoms with Crippen molar-refractivity contribution in [2.24, 2.45) is 5.84 Å². The summed E-state index contributed by atoms with van der Waals surface area (Å²) in [5, 5.41) is 9.37. The Hall–Kier alpha value is -0.120. The van der Waals surface area contributed by atoms with E-state index in [0.29, 0.717) is 6.54 Å². The van der Waals surface area contributed by atoms with Gasteiger partial charge in [0.1, 0.15) is 0 Å². The number of nitrogens with two attached hydrogens (primary N) is 1. The molecule has 0 aromatic heterocycles. The molecule has 0 bridgehead atoms. The van der Waals surface area contributed by atoms with E-state index in [1.807, 2.05) is 6.92 Å². The van der Waals surface area contributed by atoms with Crippen LogP contribution >= 0.6 is 0 Å². The molecule has 0 rings (SSSR count). The highest BCUT2D eigenvalue weighted by molar-refractivity contribution is 4.72. The maximum absolute atomic E-state index is 9.37. The lowest BCUT2D eigenvalue weighted by Gasteiger charge is -2.21. The van der Waals surface area contributed by atoms with E-state index in [-0.39, 0.29) is 0 Å². The highest BCUT2D eigenvalue weighted by Gasteiger charge is 2.16. The van der Waals surface area contributed by atoms with E-state index < -0.39 is 5.60 Å². The predicted molar refractivity (Wildman–Crippen MR) is 37.7 cm³/mol. The minimum absolute atomic E-state index is 0.459. The fraction of sp³-hybridized carbons (Fsp3) is 1.00. The lowest BCUT2D eigenvalue weighted by atomic mass is 10.0. The van der Waals surface area contributed by atoms with Gasteiger partial charge in [0.15, 0.2) is 0 Å². The molecule has 4 N–H and O–H groups in total. The first-order valence-electron chi connectivity index (χ1n) is 3.28. The Labute approximate surface area is 56.2 Å². The van der Waals surface area contributed by atoms with Crippen molar-refractivity contribution in [3.63, 3.8) is 0 Å². The molecule has 0 amide bonds. The van der Waals surface area contributed by atoms with Gasteiger partial charge in [0.2, 0.25) is 0 Å². The number of hydrogen-bond donors (Lipinski definition) is 3. The van der Waals surface area contributed by atoms with Gasteiger partial charge in [0.25, 0.3) is 0 Å². The zero-order valence-electron chi connectivity index (χ0n) is 6.15. The summed E-state index contributed by atoms with van der Waals surface area (Å²) >= 11 is 0. The molecule has 3 heteroatoms. The lowest BCUT2D eigenvalue weighted by molar-refractivity contribution is 0.0503. The molecule has 0 saturated heterocycles. The van der Waals surface area contributed by atoms with Gasteiger partial charge in [-0.3, -0.25) is 11.3 Å². The molecule has 0 aliphatic heterocycles. The number of aliphatic hydroxyl groups is 1. The zero-order chi connectivity index (χ0) is 7.33. The van der Waals surface area contributed by atoms with Crippen molar-refractivity contribution in [1.29, 1.82) is 0 Å². The van der Waals surface area contributed by atoms with Gasteiger partial charge >= 0.3 is 0 Å². The number of hydrazine groups is 1. The van der Waals surface area contributed by atoms with Crippen LogP contribution in [0.2, 0.25) is 0 Å². The smallest absolute Gasteiger partial charge is 0.0757 e. The normalized spacial score (nSPS) is 17.3. The van der Waals surface area contributed by atoms with Gasteiger partial charge in [-0.25, -0.2) is 0 Å². The molecule has 0 aromatic carbocycles. The van der Waals surface area contributed by atoms with Crippen molar-refractivity contribution in [2.45, 2.75) is 32.3 Å². The summed E-state index contributed by atoms with van der Waals surface area (Å²) < 4.78 is 0. The number of nitrogens with one attached hydrogen (secondary N) is 1. The van der Waals surface area contributed by atoms with Gasteiger partial charge in [-0.2, -0.15) is 0 Å². The second-order valence-corrected chi connectivity index (χ2v) is 2.63. The average Bonchev–Trinajstić information content (AvgIpc) is 1.64. The van der Waals surface area contributed by atoms with Gasteiger partial charge < -0.3 is 5.11 Å². The zero-order valence-corrected chi connectivity index (χ0v) is 6.15. The van der Waals surface area contributed by atoms with Crippen LogP contribution in [0.1, 0.15) is 26.7 Å². The van der Waals surface area contributed by atoms with Crippen molar-refractivity contribution in [3.05, 3.63) is 0 Å². The molecule has 0 saturated carbocycles. The Kier molecular flexibility index (Phi) is 3.77. The van der Waals surface area contributed by atoms with Crippen LogP contribution < -0.4 is 11.3 Å². The fourth-order valence-electron chi connectivity index (χ4n) is 0.847. The van der Waals surface area contributed by atoms with E-state index in [1.165, 1.54) is 0 Å². The Morgan fingerprint density at radius 2 is 2.22 bits per heavy atom. The molecule has 1 unspecified atom stereocenters. The molecule has 1 atom stereocenters. The van der Waals surface area contributed by atoms with Crippen molar-refractivity contribution in [1.82, 2.24) is 5.43 Å². The molecule has 0 spiro atoms. The third kappa shape index (κ3) is 4.39. The first-order chi connectivity index (χ1) is 4.12. The SMILES string of the molecule is CCCC(C)(O)CNN. The van der Waals surface area contributed by atoms with Crippen LogP contribution in [0.15, 0.2) is 0 Å². The van der Waals surface area contributed by atoms with E-state index in [9.17, 15) is 5.11 Å². The monoisotopic (exact) mass is 132 g/mol. The first kappa shape index (κ1) is 8.88. The first-order valence-corrected chi connectivity index (χ1v) is 3.28. The number of hydrogen-bond acceptors (Lipinski definition) is 3. The van der Waals surface area contributed by atoms with E-state index in [2.05, 4.69) is 5.43 Å². The van der Waals surface area contributed by atoms with E-state index in [1.54, 1.807) is 6.92 Å². The predicted octanol–water partition coefficient (Wildman–Crippen LogP) is 0.000800. The van der Waals surface area contributed by atoms with Crippen LogP contribution in [0.3, 0.4) is 0 Å². The molecule has 0 aliphatic rings. The quantitative estimate of drug-likeness (QED) is 0.373. The lowest BCUT2D eigenvalue weighted by Crippen LogP contribution is -2.40. The second kappa shape index (κ2) is 3.82. The molecule has 9 heavy (non-hydrogen) atoms. The standard InChI is InChI=1S/C6H16N2O/c1-3-4-6(2,9)5-8-7/h8-9H,3-5,7H2,1-2H3. The topological polar surface area (TPSA) is 58.3 Å². The van der Waals surface area contributed by atoms with E-state index in [0.717, 1.165) is 12.8 Å². The summed E-state index contributed by atoms with van der Waals surface area (Å²) in [4.78, 5) is 0. The van der Waals surface area contributed by atoms with Crippen LogP contribution in [-0.2, 0) is 0 Å². The van der Waals surface area contributed by atoms with Gasteiger partial charge in [-0.05, 0) is 13.3 Å². The minimum atomic E-state index is -0.635. The van der Waals surface area contributed by atoms with Crippen molar-refractivity contribution in [3.8, 4) is 0 Å². The summed E-state index contributed by atoms with van der Waals surface area (Å²) in [7, 11) is 0. The highest BCUT2D eigenvalue weighted by Crippen LogP contribution is 2.08. The average molecular weight is 132 g/mol. The van der Waals surface area contributed by atoms with Crippen LogP contribution in [0.25, 0.3) is 0 Å². The summed E-state index contributed by atoms with van der Waals surface area (Å²) in [5.41, 5.74) is 1.81. The third-order valence-electron chi connectivity index (χ3n) is 1.27.